The number of benzene rings is 1. The van der Waals surface area contributed by atoms with E-state index in [0.717, 1.165) is 50.9 Å². The summed E-state index contributed by atoms with van der Waals surface area (Å²) >= 11 is 0. The van der Waals surface area contributed by atoms with Crippen LogP contribution in [0.3, 0.4) is 0 Å². The first-order valence-electron chi connectivity index (χ1n) is 12.4. The van der Waals surface area contributed by atoms with Crippen LogP contribution in [0.5, 0.6) is 0 Å². The Bertz CT molecular complexity index is 646. The highest BCUT2D eigenvalue weighted by atomic mass is 16.7. The van der Waals surface area contributed by atoms with Crippen LogP contribution in [0.15, 0.2) is 24.3 Å². The lowest BCUT2D eigenvalue weighted by Gasteiger charge is -2.35. The van der Waals surface area contributed by atoms with E-state index >= 15 is 0 Å². The molecule has 3 rings (SSSR count). The summed E-state index contributed by atoms with van der Waals surface area (Å²) in [5, 5.41) is 9.78. The third-order valence-electron chi connectivity index (χ3n) is 7.30. The summed E-state index contributed by atoms with van der Waals surface area (Å²) in [7, 11) is 0. The topological polar surface area (TPSA) is 42.2 Å². The quantitative estimate of drug-likeness (QED) is 0.371. The van der Waals surface area contributed by atoms with Crippen LogP contribution >= 0.6 is 0 Å². The van der Waals surface area contributed by atoms with Gasteiger partial charge in [0.05, 0.1) is 24.7 Å². The molecule has 1 aromatic carbocycles. The zero-order valence-electron chi connectivity index (χ0n) is 19.2. The molecule has 1 aromatic rings. The van der Waals surface area contributed by atoms with Crippen molar-refractivity contribution < 1.29 is 9.47 Å². The highest BCUT2D eigenvalue weighted by Crippen LogP contribution is 2.45. The van der Waals surface area contributed by atoms with Crippen molar-refractivity contribution in [3.63, 3.8) is 0 Å². The lowest BCUT2D eigenvalue weighted by atomic mass is 9.67. The van der Waals surface area contributed by atoms with E-state index in [1.54, 1.807) is 0 Å². The van der Waals surface area contributed by atoms with Gasteiger partial charge in [-0.3, -0.25) is 0 Å². The fourth-order valence-electron chi connectivity index (χ4n) is 5.15. The van der Waals surface area contributed by atoms with E-state index < -0.39 is 0 Å². The van der Waals surface area contributed by atoms with E-state index in [9.17, 15) is 5.26 Å². The first kappa shape index (κ1) is 23.3. The molecular formula is C27H41NO2. The summed E-state index contributed by atoms with van der Waals surface area (Å²) < 4.78 is 12.0. The van der Waals surface area contributed by atoms with Crippen LogP contribution in [0.25, 0.3) is 0 Å². The van der Waals surface area contributed by atoms with Gasteiger partial charge in [-0.25, -0.2) is 0 Å². The second-order valence-corrected chi connectivity index (χ2v) is 9.65. The fraction of sp³-hybridized carbons (Fsp3) is 0.741. The molecule has 3 nitrogen and oxygen atoms in total. The van der Waals surface area contributed by atoms with Gasteiger partial charge >= 0.3 is 0 Å². The van der Waals surface area contributed by atoms with Gasteiger partial charge in [0.25, 0.3) is 0 Å². The normalized spacial score (nSPS) is 29.4. The molecule has 1 saturated carbocycles. The molecule has 30 heavy (non-hydrogen) atoms. The lowest BCUT2D eigenvalue weighted by molar-refractivity contribution is -0.206. The van der Waals surface area contributed by atoms with Gasteiger partial charge in [-0.05, 0) is 50.0 Å². The maximum absolute atomic E-state index is 9.78. The maximum atomic E-state index is 9.78. The first-order valence-corrected chi connectivity index (χ1v) is 12.4. The average Bonchev–Trinajstić information content (AvgIpc) is 2.80. The van der Waals surface area contributed by atoms with Gasteiger partial charge in [-0.2, -0.15) is 5.26 Å². The number of unbranched alkanes of at least 4 members (excludes halogenated alkanes) is 4. The Labute approximate surface area is 184 Å². The highest BCUT2D eigenvalue weighted by Gasteiger charge is 2.35. The van der Waals surface area contributed by atoms with Gasteiger partial charge < -0.3 is 9.47 Å². The molecule has 0 spiro atoms. The Morgan fingerprint density at radius 1 is 0.900 bits per heavy atom. The van der Waals surface area contributed by atoms with E-state index in [0.29, 0.717) is 11.8 Å². The number of rotatable bonds is 10. The third kappa shape index (κ3) is 6.32. The number of ether oxygens (including phenoxy) is 2. The van der Waals surface area contributed by atoms with Gasteiger partial charge in [0.2, 0.25) is 0 Å². The highest BCUT2D eigenvalue weighted by molar-refractivity contribution is 5.27. The zero-order valence-corrected chi connectivity index (χ0v) is 19.2. The minimum absolute atomic E-state index is 0.0664. The summed E-state index contributed by atoms with van der Waals surface area (Å²) in [6, 6.07) is 11.6. The van der Waals surface area contributed by atoms with Gasteiger partial charge in [0, 0.05) is 11.5 Å². The van der Waals surface area contributed by atoms with E-state index in [1.165, 1.54) is 50.5 Å². The molecule has 1 aliphatic heterocycles. The smallest absolute Gasteiger partial charge is 0.183 e. The molecule has 0 bridgehead atoms. The van der Waals surface area contributed by atoms with Crippen molar-refractivity contribution >= 4 is 0 Å². The van der Waals surface area contributed by atoms with Crippen molar-refractivity contribution in [2.75, 3.05) is 13.2 Å². The predicted molar refractivity (Wildman–Crippen MR) is 122 cm³/mol. The minimum atomic E-state index is -0.211. The summed E-state index contributed by atoms with van der Waals surface area (Å²) in [5.41, 5.74) is 2.47. The van der Waals surface area contributed by atoms with E-state index in [4.69, 9.17) is 9.47 Å². The molecule has 2 fully saturated rings. The molecule has 3 heteroatoms. The number of nitriles is 1. The molecule has 0 amide bonds. The molecule has 1 saturated heterocycles. The molecule has 0 atom stereocenters. The van der Waals surface area contributed by atoms with Gasteiger partial charge in [-0.1, -0.05) is 76.6 Å². The molecule has 166 valence electrons. The van der Waals surface area contributed by atoms with Crippen molar-refractivity contribution in [3.8, 4) is 6.07 Å². The fourth-order valence-corrected chi connectivity index (χ4v) is 5.15. The Kier molecular flexibility index (Phi) is 9.22. The van der Waals surface area contributed by atoms with Crippen molar-refractivity contribution in [1.82, 2.24) is 0 Å². The number of nitrogens with zero attached hydrogens (tertiary/aromatic N) is 1. The van der Waals surface area contributed by atoms with Gasteiger partial charge in [0.15, 0.2) is 6.29 Å². The molecule has 0 radical (unpaired) electrons. The maximum Gasteiger partial charge on any atom is 0.183 e. The third-order valence-corrected chi connectivity index (χ3v) is 7.30. The Balaban J connectivity index is 1.47. The summed E-state index contributed by atoms with van der Waals surface area (Å²) in [4.78, 5) is 0. The summed E-state index contributed by atoms with van der Waals surface area (Å²) in [5.74, 6) is 1.13. The lowest BCUT2D eigenvalue weighted by Crippen LogP contribution is -2.27. The van der Waals surface area contributed by atoms with Crippen LogP contribution < -0.4 is 0 Å². The molecule has 1 heterocycles. The molecular weight excluding hydrogens is 370 g/mol. The zero-order chi connectivity index (χ0) is 21.2. The van der Waals surface area contributed by atoms with Crippen molar-refractivity contribution in [2.45, 2.75) is 103 Å². The summed E-state index contributed by atoms with van der Waals surface area (Å²) in [6.45, 7) is 6.10. The van der Waals surface area contributed by atoms with Crippen LogP contribution in [-0.4, -0.2) is 13.2 Å². The van der Waals surface area contributed by atoms with Crippen molar-refractivity contribution in [3.05, 3.63) is 35.4 Å². The Morgan fingerprint density at radius 3 is 2.10 bits per heavy atom. The molecule has 2 aliphatic rings. The monoisotopic (exact) mass is 411 g/mol. The van der Waals surface area contributed by atoms with Crippen LogP contribution in [0.4, 0.5) is 0 Å². The Hall–Kier alpha value is -1.37. The summed E-state index contributed by atoms with van der Waals surface area (Å²) in [6.07, 6.45) is 14.0. The van der Waals surface area contributed by atoms with Crippen LogP contribution in [0.2, 0.25) is 0 Å². The molecule has 1 aliphatic carbocycles. The largest absolute Gasteiger partial charge is 0.348 e. The van der Waals surface area contributed by atoms with Crippen LogP contribution in [0, 0.1) is 22.7 Å². The molecule has 0 N–H and O–H groups in total. The van der Waals surface area contributed by atoms with E-state index in [2.05, 4.69) is 44.2 Å². The van der Waals surface area contributed by atoms with Crippen molar-refractivity contribution in [1.29, 1.82) is 5.26 Å². The Morgan fingerprint density at radius 2 is 1.50 bits per heavy atom. The van der Waals surface area contributed by atoms with Gasteiger partial charge in [0.1, 0.15) is 0 Å². The van der Waals surface area contributed by atoms with Crippen LogP contribution in [0.1, 0.15) is 114 Å². The second kappa shape index (κ2) is 11.9. The number of hydrogen-bond donors (Lipinski definition) is 0. The predicted octanol–water partition coefficient (Wildman–Crippen LogP) is 7.68. The second-order valence-electron chi connectivity index (χ2n) is 9.65. The van der Waals surface area contributed by atoms with Crippen molar-refractivity contribution in [2.24, 2.45) is 11.3 Å². The molecule has 0 unspecified atom stereocenters. The average molecular weight is 412 g/mol. The van der Waals surface area contributed by atoms with E-state index in [-0.39, 0.29) is 11.7 Å². The van der Waals surface area contributed by atoms with Crippen LogP contribution in [-0.2, 0) is 9.47 Å². The standard InChI is InChI=1S/C27H41NO2/c1-3-5-7-9-22-19-29-26(30-20-22)25-12-10-23(11-13-25)24-14-17-27(21-28,18-15-24)16-8-6-4-2/h10-13,22,24,26H,3-9,14-20H2,1-2H3. The SMILES string of the molecule is CCCCCC1COC(c2ccc(C3CCC(C#N)(CCCCC)CC3)cc2)OC1. The molecule has 0 aromatic heterocycles. The number of hydrogen-bond acceptors (Lipinski definition) is 3. The first-order chi connectivity index (χ1) is 14.7. The van der Waals surface area contributed by atoms with E-state index in [1.807, 2.05) is 0 Å². The minimum Gasteiger partial charge on any atom is -0.348 e. The van der Waals surface area contributed by atoms with Gasteiger partial charge in [-0.15, -0.1) is 0 Å².